The number of alkyl halides is 2. The highest BCUT2D eigenvalue weighted by atomic mass is 35.5. The molecule has 5 heteroatoms. The first-order valence-electron chi connectivity index (χ1n) is 6.44. The van der Waals surface area contributed by atoms with E-state index in [1.165, 1.54) is 0 Å². The van der Waals surface area contributed by atoms with Gasteiger partial charge < -0.3 is 9.80 Å². The molecule has 0 saturated carbocycles. The first-order valence-corrected chi connectivity index (χ1v) is 7.51. The van der Waals surface area contributed by atoms with Crippen molar-refractivity contribution in [2.24, 2.45) is 0 Å². The summed E-state index contributed by atoms with van der Waals surface area (Å²) in [4.78, 5) is 16.0. The molecule has 1 aliphatic heterocycles. The topological polar surface area (TPSA) is 23.3 Å². The average Bonchev–Trinajstić information content (AvgIpc) is 3.23. The lowest BCUT2D eigenvalue weighted by Crippen LogP contribution is -2.28. The van der Waals surface area contributed by atoms with Crippen LogP contribution in [0.2, 0.25) is 0 Å². The molecule has 0 radical (unpaired) electrons. The third-order valence-corrected chi connectivity index (χ3v) is 3.58. The molecule has 1 aromatic carbocycles. The highest BCUT2D eigenvalue weighted by molar-refractivity contribution is 6.18. The minimum Gasteiger partial charge on any atom is -0.369 e. The number of benzene rings is 1. The van der Waals surface area contributed by atoms with Gasteiger partial charge in [0.15, 0.2) is 0 Å². The zero-order valence-corrected chi connectivity index (χ0v) is 12.5. The number of rotatable bonds is 6. The normalized spacial score (nSPS) is 13.5. The molecule has 19 heavy (non-hydrogen) atoms. The second-order valence-corrected chi connectivity index (χ2v) is 5.41. The molecule has 0 atom stereocenters. The molecule has 0 aliphatic carbocycles. The van der Waals surface area contributed by atoms with Gasteiger partial charge in [-0.1, -0.05) is 6.07 Å². The van der Waals surface area contributed by atoms with Crippen LogP contribution in [0.15, 0.2) is 18.2 Å². The van der Waals surface area contributed by atoms with Gasteiger partial charge in [-0.05, 0) is 24.6 Å². The van der Waals surface area contributed by atoms with Crippen LogP contribution in [-0.2, 0) is 0 Å². The average molecular weight is 301 g/mol. The van der Waals surface area contributed by atoms with Crippen LogP contribution in [0, 0.1) is 6.92 Å². The van der Waals surface area contributed by atoms with Crippen molar-refractivity contribution in [3.05, 3.63) is 29.3 Å². The minimum absolute atomic E-state index is 0.109. The lowest BCUT2D eigenvalue weighted by Gasteiger charge is -2.25. The van der Waals surface area contributed by atoms with Gasteiger partial charge in [0.1, 0.15) is 0 Å². The predicted molar refractivity (Wildman–Crippen MR) is 80.7 cm³/mol. The highest BCUT2D eigenvalue weighted by Crippen LogP contribution is 2.24. The summed E-state index contributed by atoms with van der Waals surface area (Å²) in [6.45, 7) is 5.24. The summed E-state index contributed by atoms with van der Waals surface area (Å²) >= 11 is 11.7. The molecular weight excluding hydrogens is 283 g/mol. The lowest BCUT2D eigenvalue weighted by atomic mass is 10.1. The molecule has 1 amide bonds. The van der Waals surface area contributed by atoms with E-state index in [2.05, 4.69) is 4.90 Å². The van der Waals surface area contributed by atoms with Crippen molar-refractivity contribution in [1.29, 1.82) is 0 Å². The summed E-state index contributed by atoms with van der Waals surface area (Å²) in [5.41, 5.74) is 2.93. The molecule has 0 aromatic heterocycles. The smallest absolute Gasteiger partial charge is 0.254 e. The summed E-state index contributed by atoms with van der Waals surface area (Å²) in [6, 6.07) is 5.83. The number of aryl methyl sites for hydroxylation is 1. The third kappa shape index (κ3) is 3.54. The molecular formula is C14H18Cl2N2O. The second-order valence-electron chi connectivity index (χ2n) is 4.66. The Balaban J connectivity index is 2.26. The number of amides is 1. The van der Waals surface area contributed by atoms with Gasteiger partial charge in [-0.3, -0.25) is 4.79 Å². The van der Waals surface area contributed by atoms with Crippen LogP contribution in [0.4, 0.5) is 5.69 Å². The molecule has 1 fully saturated rings. The Hall–Kier alpha value is -0.930. The van der Waals surface area contributed by atoms with Crippen LogP contribution in [0.1, 0.15) is 15.9 Å². The van der Waals surface area contributed by atoms with Crippen molar-refractivity contribution in [3.63, 3.8) is 0 Å². The van der Waals surface area contributed by atoms with Gasteiger partial charge in [-0.15, -0.1) is 23.2 Å². The zero-order valence-electron chi connectivity index (χ0n) is 11.0. The van der Waals surface area contributed by atoms with Gasteiger partial charge in [-0.2, -0.15) is 0 Å². The summed E-state index contributed by atoms with van der Waals surface area (Å²) in [5.74, 6) is 1.19. The van der Waals surface area contributed by atoms with E-state index in [0.29, 0.717) is 11.8 Å². The maximum absolute atomic E-state index is 12.1. The maximum atomic E-state index is 12.1. The Morgan fingerprint density at radius 3 is 2.42 bits per heavy atom. The third-order valence-electron chi connectivity index (χ3n) is 3.24. The molecule has 0 spiro atoms. The van der Waals surface area contributed by atoms with E-state index in [1.807, 2.05) is 30.0 Å². The van der Waals surface area contributed by atoms with Crippen LogP contribution in [-0.4, -0.2) is 48.7 Å². The Morgan fingerprint density at radius 2 is 1.89 bits per heavy atom. The van der Waals surface area contributed by atoms with E-state index in [-0.39, 0.29) is 5.91 Å². The number of halogens is 2. The number of nitrogens with zero attached hydrogens (tertiary/aromatic N) is 2. The van der Waals surface area contributed by atoms with E-state index in [1.54, 1.807) is 0 Å². The Morgan fingerprint density at radius 1 is 1.26 bits per heavy atom. The number of carbonyl (C=O) groups is 1. The van der Waals surface area contributed by atoms with E-state index < -0.39 is 0 Å². The van der Waals surface area contributed by atoms with E-state index in [4.69, 9.17) is 23.2 Å². The molecule has 0 unspecified atom stereocenters. The molecule has 104 valence electrons. The van der Waals surface area contributed by atoms with Gasteiger partial charge in [0.25, 0.3) is 5.91 Å². The van der Waals surface area contributed by atoms with Crippen molar-refractivity contribution in [2.75, 3.05) is 42.8 Å². The summed E-state index contributed by atoms with van der Waals surface area (Å²) in [7, 11) is 0. The van der Waals surface area contributed by atoms with Gasteiger partial charge in [0.2, 0.25) is 0 Å². The summed E-state index contributed by atoms with van der Waals surface area (Å²) in [5, 5.41) is 0. The quantitative estimate of drug-likeness (QED) is 0.596. The van der Waals surface area contributed by atoms with Crippen LogP contribution in [0.5, 0.6) is 0 Å². The van der Waals surface area contributed by atoms with Gasteiger partial charge in [0.05, 0.1) is 0 Å². The van der Waals surface area contributed by atoms with Gasteiger partial charge in [0, 0.05) is 49.2 Å². The molecule has 1 heterocycles. The van der Waals surface area contributed by atoms with Crippen molar-refractivity contribution >= 4 is 34.8 Å². The summed E-state index contributed by atoms with van der Waals surface area (Å²) in [6.07, 6.45) is 0. The SMILES string of the molecule is Cc1ccc(C(=O)N2CC2)cc1N(CCCl)CCCl. The molecule has 2 rings (SSSR count). The number of carbonyl (C=O) groups excluding carboxylic acids is 1. The first kappa shape index (κ1) is 14.5. The Bertz CT molecular complexity index is 455. The van der Waals surface area contributed by atoms with Crippen LogP contribution < -0.4 is 4.90 Å². The predicted octanol–water partition coefficient (Wildman–Crippen LogP) is 2.73. The first-order chi connectivity index (χ1) is 9.17. The van der Waals surface area contributed by atoms with Crippen LogP contribution in [0.3, 0.4) is 0 Å². The fourth-order valence-corrected chi connectivity index (χ4v) is 2.48. The molecule has 0 N–H and O–H groups in total. The largest absolute Gasteiger partial charge is 0.369 e. The maximum Gasteiger partial charge on any atom is 0.254 e. The van der Waals surface area contributed by atoms with Crippen molar-refractivity contribution in [2.45, 2.75) is 6.92 Å². The Labute approximate surface area is 124 Å². The van der Waals surface area contributed by atoms with Gasteiger partial charge in [-0.25, -0.2) is 0 Å². The standard InChI is InChI=1S/C14H18Cl2N2O/c1-11-2-3-12(14(19)18-8-9-18)10-13(11)17(6-4-15)7-5-16/h2-3,10H,4-9H2,1H3. The molecule has 1 saturated heterocycles. The minimum atomic E-state index is 0.109. The zero-order chi connectivity index (χ0) is 13.8. The number of hydrogen-bond acceptors (Lipinski definition) is 2. The fourth-order valence-electron chi connectivity index (χ4n) is 2.08. The molecule has 0 bridgehead atoms. The molecule has 3 nitrogen and oxygen atoms in total. The Kier molecular flexibility index (Phi) is 4.94. The second kappa shape index (κ2) is 6.49. The number of anilines is 1. The monoisotopic (exact) mass is 300 g/mol. The van der Waals surface area contributed by atoms with E-state index in [9.17, 15) is 4.79 Å². The van der Waals surface area contributed by atoms with Crippen molar-refractivity contribution in [3.8, 4) is 0 Å². The van der Waals surface area contributed by atoms with E-state index in [0.717, 1.165) is 43.0 Å². The fraction of sp³-hybridized carbons (Fsp3) is 0.500. The highest BCUT2D eigenvalue weighted by Gasteiger charge is 2.25. The number of hydrogen-bond donors (Lipinski definition) is 0. The van der Waals surface area contributed by atoms with Gasteiger partial charge >= 0.3 is 0 Å². The summed E-state index contributed by atoms with van der Waals surface area (Å²) < 4.78 is 0. The van der Waals surface area contributed by atoms with Crippen LogP contribution in [0.25, 0.3) is 0 Å². The van der Waals surface area contributed by atoms with Crippen molar-refractivity contribution in [1.82, 2.24) is 4.90 Å². The van der Waals surface area contributed by atoms with Crippen molar-refractivity contribution < 1.29 is 4.79 Å². The molecule has 1 aliphatic rings. The van der Waals surface area contributed by atoms with Crippen LogP contribution >= 0.6 is 23.2 Å². The molecule has 1 aromatic rings. The van der Waals surface area contributed by atoms with E-state index >= 15 is 0 Å². The lowest BCUT2D eigenvalue weighted by molar-refractivity contribution is 0.0885.